The molecule has 2 aliphatic rings. The fourth-order valence-electron chi connectivity index (χ4n) is 3.51. The first-order chi connectivity index (χ1) is 10.2. The van der Waals surface area contributed by atoms with Crippen molar-refractivity contribution in [2.45, 2.75) is 50.3 Å². The summed E-state index contributed by atoms with van der Waals surface area (Å²) < 4.78 is 0. The highest BCUT2D eigenvalue weighted by Crippen LogP contribution is 2.28. The second-order valence-electron chi connectivity index (χ2n) is 6.42. The number of guanidine groups is 1. The van der Waals surface area contributed by atoms with E-state index in [4.69, 9.17) is 0 Å². The summed E-state index contributed by atoms with van der Waals surface area (Å²) in [5, 5.41) is 7.97. The molecule has 2 rings (SSSR count). The number of halogens is 1. The van der Waals surface area contributed by atoms with E-state index >= 15 is 0 Å². The van der Waals surface area contributed by atoms with Gasteiger partial charge in [0.25, 0.3) is 0 Å². The summed E-state index contributed by atoms with van der Waals surface area (Å²) in [5.74, 6) is 1.77. The normalized spacial score (nSPS) is 29.4. The molecule has 0 bridgehead atoms. The second-order valence-corrected chi connectivity index (χ2v) is 7.56. The Morgan fingerprint density at radius 2 is 2.14 bits per heavy atom. The van der Waals surface area contributed by atoms with E-state index in [2.05, 4.69) is 33.7 Å². The zero-order valence-electron chi connectivity index (χ0n) is 14.3. The average Bonchev–Trinajstić information content (AvgIpc) is 3.13. The van der Waals surface area contributed by atoms with Gasteiger partial charge in [-0.05, 0) is 57.4 Å². The monoisotopic (exact) mass is 440 g/mol. The molecule has 3 unspecified atom stereocenters. The second kappa shape index (κ2) is 11.0. The van der Waals surface area contributed by atoms with Crippen LogP contribution in [0.2, 0.25) is 0 Å². The van der Waals surface area contributed by atoms with Gasteiger partial charge in [0, 0.05) is 31.4 Å². The molecule has 3 atom stereocenters. The molecule has 0 amide bonds. The molecule has 1 aliphatic carbocycles. The van der Waals surface area contributed by atoms with Crippen molar-refractivity contribution in [1.82, 2.24) is 15.5 Å². The number of hydrogen-bond donors (Lipinski definition) is 2. The minimum atomic E-state index is 0. The molecule has 0 aromatic carbocycles. The summed E-state index contributed by atoms with van der Waals surface area (Å²) in [6.07, 6.45) is 8.70. The van der Waals surface area contributed by atoms with Crippen LogP contribution in [0.1, 0.15) is 39.0 Å². The number of hydrogen-bond acceptors (Lipinski definition) is 3. The van der Waals surface area contributed by atoms with E-state index in [1.807, 2.05) is 18.8 Å². The predicted molar refractivity (Wildman–Crippen MR) is 110 cm³/mol. The SMILES string of the molecule is CCCN1CCC(CNC(=NC)NC2CCC(SC)C2)C1.I. The third kappa shape index (κ3) is 6.43. The van der Waals surface area contributed by atoms with Crippen molar-refractivity contribution in [3.8, 4) is 0 Å². The summed E-state index contributed by atoms with van der Waals surface area (Å²) >= 11 is 2.00. The minimum Gasteiger partial charge on any atom is -0.356 e. The first kappa shape index (κ1) is 20.4. The number of nitrogens with zero attached hydrogens (tertiary/aromatic N) is 2. The van der Waals surface area contributed by atoms with Crippen molar-refractivity contribution in [2.75, 3.05) is 39.5 Å². The maximum absolute atomic E-state index is 4.39. The van der Waals surface area contributed by atoms with Crippen molar-refractivity contribution in [2.24, 2.45) is 10.9 Å². The standard InChI is InChI=1S/C16H32N4S.HI/c1-4-8-20-9-7-13(12-20)11-18-16(17-2)19-14-5-6-15(10-14)21-3;/h13-15H,4-12H2,1-3H3,(H2,17,18,19);1H. The Kier molecular flexibility index (Phi) is 10.1. The molecule has 2 fully saturated rings. The molecule has 1 saturated heterocycles. The lowest BCUT2D eigenvalue weighted by atomic mass is 10.1. The Morgan fingerprint density at radius 3 is 2.77 bits per heavy atom. The van der Waals surface area contributed by atoms with E-state index in [9.17, 15) is 0 Å². The highest BCUT2D eigenvalue weighted by Gasteiger charge is 2.25. The van der Waals surface area contributed by atoms with Crippen LogP contribution in [0.4, 0.5) is 0 Å². The fourth-order valence-corrected chi connectivity index (χ4v) is 4.31. The van der Waals surface area contributed by atoms with Crippen LogP contribution < -0.4 is 10.6 Å². The van der Waals surface area contributed by atoms with Crippen molar-refractivity contribution >= 4 is 41.7 Å². The Balaban J connectivity index is 0.00000242. The first-order valence-corrected chi connectivity index (χ1v) is 9.76. The lowest BCUT2D eigenvalue weighted by molar-refractivity contribution is 0.324. The Bertz CT molecular complexity index is 340. The van der Waals surface area contributed by atoms with Crippen molar-refractivity contribution in [1.29, 1.82) is 0 Å². The van der Waals surface area contributed by atoms with Crippen LogP contribution >= 0.6 is 35.7 Å². The van der Waals surface area contributed by atoms with Gasteiger partial charge in [-0.25, -0.2) is 0 Å². The topological polar surface area (TPSA) is 39.7 Å². The van der Waals surface area contributed by atoms with Crippen LogP contribution in [-0.4, -0.2) is 61.6 Å². The lowest BCUT2D eigenvalue weighted by Gasteiger charge is -2.19. The number of nitrogens with one attached hydrogen (secondary N) is 2. The van der Waals surface area contributed by atoms with E-state index in [-0.39, 0.29) is 24.0 Å². The zero-order chi connectivity index (χ0) is 15.1. The van der Waals surface area contributed by atoms with E-state index < -0.39 is 0 Å². The maximum Gasteiger partial charge on any atom is 0.191 e. The highest BCUT2D eigenvalue weighted by molar-refractivity contribution is 14.0. The van der Waals surface area contributed by atoms with Gasteiger partial charge in [0.1, 0.15) is 0 Å². The van der Waals surface area contributed by atoms with Gasteiger partial charge in [0.05, 0.1) is 0 Å². The van der Waals surface area contributed by atoms with Crippen LogP contribution in [0.5, 0.6) is 0 Å². The number of thioether (sulfide) groups is 1. The smallest absolute Gasteiger partial charge is 0.191 e. The van der Waals surface area contributed by atoms with Gasteiger partial charge in [0.2, 0.25) is 0 Å². The molecule has 22 heavy (non-hydrogen) atoms. The molecular formula is C16H33IN4S. The number of likely N-dealkylation sites (tertiary alicyclic amines) is 1. The minimum absolute atomic E-state index is 0. The fraction of sp³-hybridized carbons (Fsp3) is 0.938. The molecule has 2 N–H and O–H groups in total. The van der Waals surface area contributed by atoms with Gasteiger partial charge < -0.3 is 15.5 Å². The highest BCUT2D eigenvalue weighted by atomic mass is 127. The molecule has 130 valence electrons. The summed E-state index contributed by atoms with van der Waals surface area (Å²) in [6.45, 7) is 7.08. The van der Waals surface area contributed by atoms with E-state index in [1.165, 1.54) is 51.7 Å². The molecular weight excluding hydrogens is 407 g/mol. The maximum atomic E-state index is 4.39. The molecule has 0 aromatic heterocycles. The van der Waals surface area contributed by atoms with E-state index in [0.717, 1.165) is 23.7 Å². The number of rotatable bonds is 6. The first-order valence-electron chi connectivity index (χ1n) is 8.47. The molecule has 1 heterocycles. The van der Waals surface area contributed by atoms with E-state index in [0.29, 0.717) is 6.04 Å². The zero-order valence-corrected chi connectivity index (χ0v) is 17.5. The molecule has 4 nitrogen and oxygen atoms in total. The van der Waals surface area contributed by atoms with Crippen LogP contribution in [0.3, 0.4) is 0 Å². The Hall–Kier alpha value is 0.310. The van der Waals surface area contributed by atoms with Crippen LogP contribution in [0.15, 0.2) is 4.99 Å². The molecule has 6 heteroatoms. The van der Waals surface area contributed by atoms with Crippen molar-refractivity contribution in [3.05, 3.63) is 0 Å². The summed E-state index contributed by atoms with van der Waals surface area (Å²) in [6, 6.07) is 0.605. The van der Waals surface area contributed by atoms with E-state index in [1.54, 1.807) is 0 Å². The van der Waals surface area contributed by atoms with Crippen molar-refractivity contribution < 1.29 is 0 Å². The van der Waals surface area contributed by atoms with Gasteiger partial charge in [-0.2, -0.15) is 11.8 Å². The third-order valence-corrected chi connectivity index (χ3v) is 5.85. The van der Waals surface area contributed by atoms with Gasteiger partial charge in [0.15, 0.2) is 5.96 Å². The largest absolute Gasteiger partial charge is 0.356 e. The molecule has 0 aromatic rings. The average molecular weight is 440 g/mol. The molecule has 1 saturated carbocycles. The van der Waals surface area contributed by atoms with Gasteiger partial charge in [-0.15, -0.1) is 24.0 Å². The lowest BCUT2D eigenvalue weighted by Crippen LogP contribution is -2.44. The molecule has 0 radical (unpaired) electrons. The quantitative estimate of drug-likeness (QED) is 0.379. The van der Waals surface area contributed by atoms with Crippen LogP contribution in [0, 0.1) is 5.92 Å². The third-order valence-electron chi connectivity index (χ3n) is 4.75. The summed E-state index contributed by atoms with van der Waals surface area (Å²) in [5.41, 5.74) is 0. The van der Waals surface area contributed by atoms with Crippen LogP contribution in [0.25, 0.3) is 0 Å². The summed E-state index contributed by atoms with van der Waals surface area (Å²) in [7, 11) is 1.88. The van der Waals surface area contributed by atoms with Gasteiger partial charge in [-0.1, -0.05) is 6.92 Å². The molecule has 1 aliphatic heterocycles. The predicted octanol–water partition coefficient (Wildman–Crippen LogP) is 2.79. The summed E-state index contributed by atoms with van der Waals surface area (Å²) in [4.78, 5) is 6.98. The van der Waals surface area contributed by atoms with Crippen LogP contribution in [-0.2, 0) is 0 Å². The Labute approximate surface area is 157 Å². The van der Waals surface area contributed by atoms with Gasteiger partial charge in [-0.3, -0.25) is 4.99 Å². The number of aliphatic imine (C=N–C) groups is 1. The van der Waals surface area contributed by atoms with Gasteiger partial charge >= 0.3 is 0 Å². The molecule has 0 spiro atoms. The van der Waals surface area contributed by atoms with Crippen molar-refractivity contribution in [3.63, 3.8) is 0 Å². The Morgan fingerprint density at radius 1 is 1.32 bits per heavy atom.